The minimum Gasteiger partial charge on any atom is -0.493 e. The third kappa shape index (κ3) is 4.95. The van der Waals surface area contributed by atoms with E-state index in [9.17, 15) is 0 Å². The van der Waals surface area contributed by atoms with Crippen LogP contribution < -0.4 is 14.8 Å². The van der Waals surface area contributed by atoms with E-state index in [1.807, 2.05) is 19.2 Å². The Kier molecular flexibility index (Phi) is 7.04. The fourth-order valence-electron chi connectivity index (χ4n) is 2.15. The average Bonchev–Trinajstić information content (AvgIpc) is 2.46. The van der Waals surface area contributed by atoms with Gasteiger partial charge in [0.1, 0.15) is 0 Å². The maximum absolute atomic E-state index is 5.33. The van der Waals surface area contributed by atoms with E-state index in [4.69, 9.17) is 9.47 Å². The molecular weight excluding hydrogens is 238 g/mol. The minimum absolute atomic E-state index is 0.484. The Labute approximate surface area is 116 Å². The Balaban J connectivity index is 2.66. The summed E-state index contributed by atoms with van der Waals surface area (Å²) in [5.41, 5.74) is 1.26. The Morgan fingerprint density at radius 3 is 2.58 bits per heavy atom. The molecule has 106 valence electrons. The van der Waals surface area contributed by atoms with Crippen molar-refractivity contribution in [2.75, 3.05) is 21.3 Å². The number of ether oxygens (including phenoxy) is 2. The first-order valence-corrected chi connectivity index (χ1v) is 6.74. The molecule has 0 aliphatic carbocycles. The van der Waals surface area contributed by atoms with Crippen molar-refractivity contribution >= 4 is 0 Å². The first kappa shape index (κ1) is 15.6. The summed E-state index contributed by atoms with van der Waals surface area (Å²) >= 11 is 0. The molecule has 0 saturated carbocycles. The number of likely N-dealkylation sites (N-methyl/N-ethyl adjacent to an activating group) is 1. The molecule has 0 bridgehead atoms. The number of allylic oxidation sites excluding steroid dienone is 1. The molecule has 1 unspecified atom stereocenters. The van der Waals surface area contributed by atoms with Gasteiger partial charge in [0.15, 0.2) is 11.5 Å². The van der Waals surface area contributed by atoms with Crippen LogP contribution in [0.2, 0.25) is 0 Å². The number of hydrogen-bond donors (Lipinski definition) is 1. The number of rotatable bonds is 9. The van der Waals surface area contributed by atoms with Crippen LogP contribution in [0, 0.1) is 0 Å². The van der Waals surface area contributed by atoms with Crippen LogP contribution in [-0.4, -0.2) is 27.3 Å². The highest BCUT2D eigenvalue weighted by molar-refractivity contribution is 5.43. The van der Waals surface area contributed by atoms with Gasteiger partial charge in [-0.2, -0.15) is 0 Å². The van der Waals surface area contributed by atoms with Gasteiger partial charge in [0, 0.05) is 6.04 Å². The van der Waals surface area contributed by atoms with Crippen LogP contribution in [0.4, 0.5) is 0 Å². The highest BCUT2D eigenvalue weighted by Gasteiger charge is 2.09. The molecule has 0 aromatic heterocycles. The van der Waals surface area contributed by atoms with E-state index >= 15 is 0 Å². The van der Waals surface area contributed by atoms with Gasteiger partial charge >= 0.3 is 0 Å². The number of benzene rings is 1. The van der Waals surface area contributed by atoms with Gasteiger partial charge in [-0.25, -0.2) is 0 Å². The summed E-state index contributed by atoms with van der Waals surface area (Å²) in [6, 6.07) is 6.60. The maximum atomic E-state index is 5.33. The van der Waals surface area contributed by atoms with Crippen LogP contribution in [0.5, 0.6) is 11.5 Å². The molecule has 0 amide bonds. The number of methoxy groups -OCH3 is 2. The lowest BCUT2D eigenvalue weighted by atomic mass is 10.0. The van der Waals surface area contributed by atoms with Crippen LogP contribution in [0.25, 0.3) is 0 Å². The Bertz CT molecular complexity index is 390. The first-order valence-electron chi connectivity index (χ1n) is 6.74. The molecular formula is C16H25NO2. The van der Waals surface area contributed by atoms with Crippen LogP contribution in [0.15, 0.2) is 30.9 Å². The van der Waals surface area contributed by atoms with Crippen LogP contribution in [0.1, 0.15) is 24.8 Å². The second-order valence-corrected chi connectivity index (χ2v) is 4.60. The van der Waals surface area contributed by atoms with Crippen molar-refractivity contribution in [2.24, 2.45) is 0 Å². The molecule has 1 N–H and O–H groups in total. The maximum Gasteiger partial charge on any atom is 0.160 e. The normalized spacial score (nSPS) is 11.9. The zero-order chi connectivity index (χ0) is 14.1. The van der Waals surface area contributed by atoms with E-state index in [0.29, 0.717) is 6.04 Å². The molecule has 0 aliphatic heterocycles. The van der Waals surface area contributed by atoms with E-state index in [1.54, 1.807) is 14.2 Å². The van der Waals surface area contributed by atoms with Crippen molar-refractivity contribution in [1.82, 2.24) is 5.32 Å². The lowest BCUT2D eigenvalue weighted by Gasteiger charge is -2.17. The lowest BCUT2D eigenvalue weighted by molar-refractivity contribution is 0.354. The standard InChI is InChI=1S/C16H25NO2/c1-5-6-7-8-14(17-2)11-13-9-10-15(18-3)16(12-13)19-4/h5,9-10,12,14,17H,1,6-8,11H2,2-4H3. The molecule has 0 fully saturated rings. The van der Waals surface area contributed by atoms with Crippen LogP contribution in [-0.2, 0) is 6.42 Å². The molecule has 0 heterocycles. The van der Waals surface area contributed by atoms with Crippen molar-refractivity contribution in [3.8, 4) is 11.5 Å². The Morgan fingerprint density at radius 2 is 2.00 bits per heavy atom. The zero-order valence-corrected chi connectivity index (χ0v) is 12.2. The summed E-state index contributed by atoms with van der Waals surface area (Å²) in [6.07, 6.45) is 6.36. The summed E-state index contributed by atoms with van der Waals surface area (Å²) in [5, 5.41) is 3.37. The molecule has 1 aromatic carbocycles. The minimum atomic E-state index is 0.484. The topological polar surface area (TPSA) is 30.5 Å². The van der Waals surface area contributed by atoms with Crippen molar-refractivity contribution in [2.45, 2.75) is 31.7 Å². The Morgan fingerprint density at radius 1 is 1.26 bits per heavy atom. The van der Waals surface area contributed by atoms with Crippen molar-refractivity contribution in [3.63, 3.8) is 0 Å². The van der Waals surface area contributed by atoms with Gasteiger partial charge in [-0.1, -0.05) is 12.1 Å². The van der Waals surface area contributed by atoms with Gasteiger partial charge in [-0.15, -0.1) is 6.58 Å². The summed E-state index contributed by atoms with van der Waals surface area (Å²) in [5.74, 6) is 1.57. The van der Waals surface area contributed by atoms with E-state index < -0.39 is 0 Å². The number of unbranched alkanes of at least 4 members (excludes halogenated alkanes) is 1. The van der Waals surface area contributed by atoms with Crippen molar-refractivity contribution in [3.05, 3.63) is 36.4 Å². The van der Waals surface area contributed by atoms with Gasteiger partial charge in [0.25, 0.3) is 0 Å². The third-order valence-corrected chi connectivity index (χ3v) is 3.30. The third-order valence-electron chi connectivity index (χ3n) is 3.30. The predicted octanol–water partition coefficient (Wildman–Crippen LogP) is 3.19. The van der Waals surface area contributed by atoms with Gasteiger partial charge in [-0.3, -0.25) is 0 Å². The molecule has 1 aromatic rings. The van der Waals surface area contributed by atoms with E-state index in [1.165, 1.54) is 12.0 Å². The van der Waals surface area contributed by atoms with Gasteiger partial charge < -0.3 is 14.8 Å². The van der Waals surface area contributed by atoms with E-state index in [-0.39, 0.29) is 0 Å². The molecule has 0 saturated heterocycles. The first-order chi connectivity index (χ1) is 9.24. The largest absolute Gasteiger partial charge is 0.493 e. The van der Waals surface area contributed by atoms with Crippen LogP contribution >= 0.6 is 0 Å². The molecule has 3 nitrogen and oxygen atoms in total. The average molecular weight is 263 g/mol. The fourth-order valence-corrected chi connectivity index (χ4v) is 2.15. The second kappa shape index (κ2) is 8.59. The molecule has 0 aliphatic rings. The quantitative estimate of drug-likeness (QED) is 0.548. The molecule has 0 radical (unpaired) electrons. The highest BCUT2D eigenvalue weighted by Crippen LogP contribution is 2.28. The molecule has 3 heteroatoms. The van der Waals surface area contributed by atoms with E-state index in [2.05, 4.69) is 24.0 Å². The number of nitrogens with one attached hydrogen (secondary N) is 1. The zero-order valence-electron chi connectivity index (χ0n) is 12.2. The fraction of sp³-hybridized carbons (Fsp3) is 0.500. The van der Waals surface area contributed by atoms with E-state index in [0.717, 1.165) is 30.8 Å². The lowest BCUT2D eigenvalue weighted by Crippen LogP contribution is -2.27. The second-order valence-electron chi connectivity index (χ2n) is 4.60. The predicted molar refractivity (Wildman–Crippen MR) is 80.1 cm³/mol. The summed E-state index contributed by atoms with van der Waals surface area (Å²) in [6.45, 7) is 3.76. The smallest absolute Gasteiger partial charge is 0.160 e. The number of hydrogen-bond acceptors (Lipinski definition) is 3. The highest BCUT2D eigenvalue weighted by atomic mass is 16.5. The SMILES string of the molecule is C=CCCCC(Cc1ccc(OC)c(OC)c1)NC. The summed E-state index contributed by atoms with van der Waals surface area (Å²) in [4.78, 5) is 0. The molecule has 1 rings (SSSR count). The molecule has 0 spiro atoms. The molecule has 1 atom stereocenters. The summed E-state index contributed by atoms with van der Waals surface area (Å²) < 4.78 is 10.6. The van der Waals surface area contributed by atoms with Crippen LogP contribution in [0.3, 0.4) is 0 Å². The molecule has 19 heavy (non-hydrogen) atoms. The van der Waals surface area contributed by atoms with Crippen molar-refractivity contribution < 1.29 is 9.47 Å². The van der Waals surface area contributed by atoms with Gasteiger partial charge in [0.2, 0.25) is 0 Å². The van der Waals surface area contributed by atoms with Gasteiger partial charge in [-0.05, 0) is 50.4 Å². The summed E-state index contributed by atoms with van der Waals surface area (Å²) in [7, 11) is 5.34. The van der Waals surface area contributed by atoms with Gasteiger partial charge in [0.05, 0.1) is 14.2 Å². The Hall–Kier alpha value is -1.48. The monoisotopic (exact) mass is 263 g/mol. The van der Waals surface area contributed by atoms with Crippen molar-refractivity contribution in [1.29, 1.82) is 0 Å².